The average Bonchev–Trinajstić information content (AvgIpc) is 3.42. The number of H-pyrrole nitrogens is 1. The number of aldehydes is 1. The third-order valence-corrected chi connectivity index (χ3v) is 5.45. The summed E-state index contributed by atoms with van der Waals surface area (Å²) >= 11 is 2.92. The molecular formula is C19H20N5O3S2+. The van der Waals surface area contributed by atoms with Gasteiger partial charge >= 0.3 is 0 Å². The molecule has 10 heteroatoms. The van der Waals surface area contributed by atoms with Gasteiger partial charge in [-0.15, -0.1) is 16.4 Å². The molecule has 4 aromatic rings. The van der Waals surface area contributed by atoms with Crippen LogP contribution in [0.5, 0.6) is 0 Å². The molecule has 0 bridgehead atoms. The Morgan fingerprint density at radius 2 is 2.03 bits per heavy atom. The fraction of sp³-hybridized carbons (Fsp3) is 0.158. The summed E-state index contributed by atoms with van der Waals surface area (Å²) in [6.07, 6.45) is 0.835. The number of benzene rings is 2. The molecule has 4 rings (SSSR count). The lowest BCUT2D eigenvalue weighted by atomic mass is 10.0. The standard InChI is InChI=1S/C18H15N5O2S2.CH4O/c1-25-23-14-7-12(11-2-3-16-15(9-11)19-10-27-16)6-13(8-14)17-20-18(22-21-17)26-5-4-24;1-2/h2-4,6-10,23H,5H2,1H3,(H,20,21,22);2H,1H3/p+1. The van der Waals surface area contributed by atoms with Crippen molar-refractivity contribution in [1.29, 1.82) is 0 Å². The number of aromatic amines is 1. The second kappa shape index (κ2) is 10.2. The number of nitrogens with zero attached hydrogens (tertiary/aromatic N) is 3. The van der Waals surface area contributed by atoms with Gasteiger partial charge in [0.1, 0.15) is 6.29 Å². The Morgan fingerprint density at radius 3 is 2.83 bits per heavy atom. The van der Waals surface area contributed by atoms with Crippen LogP contribution in [0.3, 0.4) is 0 Å². The number of aromatic nitrogens is 4. The van der Waals surface area contributed by atoms with E-state index in [1.54, 1.807) is 23.9 Å². The molecule has 0 atom stereocenters. The second-order valence-electron chi connectivity index (χ2n) is 5.68. The van der Waals surface area contributed by atoms with E-state index in [4.69, 9.17) is 9.94 Å². The number of thiazole rings is 1. The number of carbonyl (C=O) groups excluding carboxylic acids is 1. The monoisotopic (exact) mass is 430 g/mol. The molecule has 0 spiro atoms. The molecule has 8 nitrogen and oxygen atoms in total. The van der Waals surface area contributed by atoms with Gasteiger partial charge in [-0.2, -0.15) is 5.48 Å². The predicted molar refractivity (Wildman–Crippen MR) is 114 cm³/mol. The lowest BCUT2D eigenvalue weighted by Crippen LogP contribution is -2.75. The molecular weight excluding hydrogens is 410 g/mol. The summed E-state index contributed by atoms with van der Waals surface area (Å²) in [7, 11) is 2.62. The van der Waals surface area contributed by atoms with Crippen LogP contribution in [0, 0.1) is 0 Å². The Kier molecular flexibility index (Phi) is 7.44. The number of quaternary nitrogens is 1. The highest BCUT2D eigenvalue weighted by Crippen LogP contribution is 2.30. The van der Waals surface area contributed by atoms with Crippen molar-refractivity contribution in [3.63, 3.8) is 0 Å². The first-order valence-electron chi connectivity index (χ1n) is 8.55. The minimum absolute atomic E-state index is 0.327. The molecule has 0 saturated carbocycles. The van der Waals surface area contributed by atoms with Crippen LogP contribution < -0.4 is 5.48 Å². The molecule has 29 heavy (non-hydrogen) atoms. The van der Waals surface area contributed by atoms with Crippen molar-refractivity contribution in [2.45, 2.75) is 5.16 Å². The maximum atomic E-state index is 10.5. The summed E-state index contributed by atoms with van der Waals surface area (Å²) in [5, 5.41) is 14.6. The van der Waals surface area contributed by atoms with Crippen LogP contribution in [0.1, 0.15) is 0 Å². The Balaban J connectivity index is 0.00000117. The van der Waals surface area contributed by atoms with Crippen molar-refractivity contribution in [3.8, 4) is 22.5 Å². The molecule has 150 valence electrons. The van der Waals surface area contributed by atoms with E-state index < -0.39 is 0 Å². The van der Waals surface area contributed by atoms with Crippen LogP contribution in [0.15, 0.2) is 47.1 Å². The zero-order valence-electron chi connectivity index (χ0n) is 15.8. The van der Waals surface area contributed by atoms with Gasteiger partial charge in [0.2, 0.25) is 5.16 Å². The van der Waals surface area contributed by atoms with E-state index in [1.165, 1.54) is 11.8 Å². The number of carbonyl (C=O) groups is 1. The fourth-order valence-electron chi connectivity index (χ4n) is 2.75. The van der Waals surface area contributed by atoms with Gasteiger partial charge in [0.15, 0.2) is 11.5 Å². The summed E-state index contributed by atoms with van der Waals surface area (Å²) in [6.45, 7) is 0. The minimum Gasteiger partial charge on any atom is -0.400 e. The molecule has 2 aromatic carbocycles. The number of aliphatic hydroxyl groups is 1. The Hall–Kier alpha value is -2.63. The molecule has 2 heterocycles. The number of hydrogen-bond acceptors (Lipinski definition) is 8. The van der Waals surface area contributed by atoms with Gasteiger partial charge in [-0.1, -0.05) is 17.8 Å². The van der Waals surface area contributed by atoms with Crippen LogP contribution in [-0.2, 0) is 9.63 Å². The Morgan fingerprint density at radius 1 is 1.21 bits per heavy atom. The summed E-state index contributed by atoms with van der Waals surface area (Å²) < 4.78 is 1.16. The number of aliphatic hydroxyl groups excluding tert-OH is 1. The second-order valence-corrected chi connectivity index (χ2v) is 7.55. The molecule has 0 unspecified atom stereocenters. The molecule has 0 radical (unpaired) electrons. The number of hydrogen-bond donors (Lipinski definition) is 3. The van der Waals surface area contributed by atoms with E-state index in [0.29, 0.717) is 16.7 Å². The highest BCUT2D eigenvalue weighted by atomic mass is 32.2. The van der Waals surface area contributed by atoms with E-state index in [0.717, 1.165) is 46.0 Å². The van der Waals surface area contributed by atoms with Gasteiger partial charge in [-0.05, 0) is 29.3 Å². The molecule has 0 amide bonds. The molecule has 0 aliphatic heterocycles. The third-order valence-electron chi connectivity index (χ3n) is 3.89. The van der Waals surface area contributed by atoms with Gasteiger partial charge in [0.05, 0.1) is 28.6 Å². The van der Waals surface area contributed by atoms with Crippen molar-refractivity contribution in [2.75, 3.05) is 20.0 Å². The maximum absolute atomic E-state index is 10.5. The summed E-state index contributed by atoms with van der Waals surface area (Å²) in [6, 6.07) is 12.3. The topological polar surface area (TPSA) is 118 Å². The van der Waals surface area contributed by atoms with E-state index in [1.807, 2.05) is 11.6 Å². The highest BCUT2D eigenvalue weighted by Gasteiger charge is 2.12. The zero-order chi connectivity index (χ0) is 20.6. The molecule has 4 N–H and O–H groups in total. The first kappa shape index (κ1) is 21.1. The normalized spacial score (nSPS) is 10.6. The number of fused-ring (bicyclic) bond motifs is 1. The number of rotatable bonds is 7. The van der Waals surface area contributed by atoms with Crippen LogP contribution in [0.25, 0.3) is 32.7 Å². The van der Waals surface area contributed by atoms with Gasteiger partial charge in [-0.25, -0.2) is 14.8 Å². The largest absolute Gasteiger partial charge is 0.400 e. The molecule has 0 saturated heterocycles. The Bertz CT molecular complexity index is 1100. The number of nitrogens with two attached hydrogens (primary N) is 1. The van der Waals surface area contributed by atoms with Crippen molar-refractivity contribution in [3.05, 3.63) is 41.9 Å². The molecule has 2 aromatic heterocycles. The van der Waals surface area contributed by atoms with Crippen molar-refractivity contribution in [1.82, 2.24) is 20.2 Å². The first-order valence-corrected chi connectivity index (χ1v) is 10.4. The smallest absolute Gasteiger partial charge is 0.209 e. The summed E-state index contributed by atoms with van der Waals surface area (Å²) in [5.74, 6) is 0.971. The van der Waals surface area contributed by atoms with Gasteiger partial charge in [0.25, 0.3) is 0 Å². The number of thioether (sulfide) groups is 1. The lowest BCUT2D eigenvalue weighted by molar-refractivity contribution is -0.830. The van der Waals surface area contributed by atoms with Crippen molar-refractivity contribution < 1.29 is 20.2 Å². The van der Waals surface area contributed by atoms with Crippen LogP contribution in [0.2, 0.25) is 0 Å². The van der Waals surface area contributed by atoms with Gasteiger partial charge < -0.3 is 9.90 Å². The SMILES string of the molecule is CO.CO[NH2+]c1cc(-c2ccc3scnc3c2)cc(-c2nc(SCC=O)n[nH]2)c1. The molecule has 0 aliphatic carbocycles. The van der Waals surface area contributed by atoms with E-state index in [-0.39, 0.29) is 0 Å². The van der Waals surface area contributed by atoms with Crippen LogP contribution >= 0.6 is 23.1 Å². The fourth-order valence-corrected chi connectivity index (χ4v) is 3.89. The molecule has 0 aliphatic rings. The van der Waals surface area contributed by atoms with E-state index in [2.05, 4.69) is 50.5 Å². The predicted octanol–water partition coefficient (Wildman–Crippen LogP) is 2.40. The van der Waals surface area contributed by atoms with Crippen LogP contribution in [0.4, 0.5) is 5.69 Å². The van der Waals surface area contributed by atoms with E-state index >= 15 is 0 Å². The minimum atomic E-state index is 0.327. The van der Waals surface area contributed by atoms with Gasteiger partial charge in [-0.3, -0.25) is 5.10 Å². The summed E-state index contributed by atoms with van der Waals surface area (Å²) in [5.41, 5.74) is 8.42. The number of nitrogens with one attached hydrogen (secondary N) is 1. The first-order chi connectivity index (χ1) is 14.3. The average molecular weight is 431 g/mol. The van der Waals surface area contributed by atoms with Gasteiger partial charge in [0, 0.05) is 24.8 Å². The lowest BCUT2D eigenvalue weighted by Gasteiger charge is -2.07. The third kappa shape index (κ3) is 5.05. The van der Waals surface area contributed by atoms with E-state index in [9.17, 15) is 4.79 Å². The molecule has 0 fully saturated rings. The Labute approximate surface area is 175 Å². The van der Waals surface area contributed by atoms with Crippen LogP contribution in [-0.4, -0.2) is 51.5 Å². The summed E-state index contributed by atoms with van der Waals surface area (Å²) in [4.78, 5) is 24.6. The maximum Gasteiger partial charge on any atom is 0.209 e. The quantitative estimate of drug-likeness (QED) is 0.178. The highest BCUT2D eigenvalue weighted by molar-refractivity contribution is 7.99. The zero-order valence-corrected chi connectivity index (χ0v) is 17.5. The van der Waals surface area contributed by atoms with Crippen molar-refractivity contribution in [2.24, 2.45) is 0 Å². The van der Waals surface area contributed by atoms with Crippen molar-refractivity contribution >= 4 is 45.3 Å².